The van der Waals surface area contributed by atoms with Crippen molar-refractivity contribution in [3.63, 3.8) is 0 Å². The zero-order valence-electron chi connectivity index (χ0n) is 11.4. The van der Waals surface area contributed by atoms with E-state index in [2.05, 4.69) is 9.51 Å². The van der Waals surface area contributed by atoms with Gasteiger partial charge in [-0.05, 0) is 0 Å². The van der Waals surface area contributed by atoms with E-state index in [1.54, 1.807) is 0 Å². The molecular weight excluding hydrogens is 337 g/mol. The van der Waals surface area contributed by atoms with Gasteiger partial charge in [0.05, 0.1) is 6.61 Å². The monoisotopic (exact) mass is 351 g/mol. The van der Waals surface area contributed by atoms with Crippen LogP contribution >= 0.6 is 7.82 Å². The van der Waals surface area contributed by atoms with Crippen molar-refractivity contribution < 1.29 is 38.6 Å². The van der Waals surface area contributed by atoms with Gasteiger partial charge in [-0.3, -0.25) is 18.7 Å². The number of aromatic nitrogens is 2. The Labute approximate surface area is 128 Å². The number of hydrogen-bond donors (Lipinski definition) is 5. The Balaban J connectivity index is 2.25. The molecule has 1 saturated heterocycles. The lowest BCUT2D eigenvalue weighted by molar-refractivity contribution is -0.0538. The van der Waals surface area contributed by atoms with E-state index in [9.17, 15) is 24.4 Å². The highest BCUT2D eigenvalue weighted by molar-refractivity contribution is 7.46. The fraction of sp³-hybridized carbons (Fsp3) is 0.500. The zero-order chi connectivity index (χ0) is 17.4. The SMILES string of the molecule is NC(=O)c1nccn([C@@H]2O[C@H](COP(=O)(O)O)C(O)C2O)c1=O. The van der Waals surface area contributed by atoms with Gasteiger partial charge in [-0.2, -0.15) is 0 Å². The molecule has 1 fully saturated rings. The molecule has 4 atom stereocenters. The van der Waals surface area contributed by atoms with Gasteiger partial charge in [0.15, 0.2) is 11.9 Å². The number of phosphoric ester groups is 1. The Morgan fingerprint density at radius 3 is 2.65 bits per heavy atom. The Bertz CT molecular complexity index is 701. The Hall–Kier alpha value is -1.66. The summed E-state index contributed by atoms with van der Waals surface area (Å²) in [6.07, 6.45) is -3.74. The van der Waals surface area contributed by atoms with E-state index in [0.717, 1.165) is 17.0 Å². The third kappa shape index (κ3) is 3.82. The molecule has 12 nitrogen and oxygen atoms in total. The summed E-state index contributed by atoms with van der Waals surface area (Å²) in [6, 6.07) is 0. The molecule has 23 heavy (non-hydrogen) atoms. The number of rotatable bonds is 5. The summed E-state index contributed by atoms with van der Waals surface area (Å²) >= 11 is 0. The average Bonchev–Trinajstić information content (AvgIpc) is 2.72. The molecule has 6 N–H and O–H groups in total. The van der Waals surface area contributed by atoms with Gasteiger partial charge < -0.3 is 30.5 Å². The van der Waals surface area contributed by atoms with Gasteiger partial charge in [0.25, 0.3) is 11.5 Å². The van der Waals surface area contributed by atoms with Crippen molar-refractivity contribution >= 4 is 13.7 Å². The highest BCUT2D eigenvalue weighted by Gasteiger charge is 2.45. The summed E-state index contributed by atoms with van der Waals surface area (Å²) in [5.74, 6) is -1.08. The van der Waals surface area contributed by atoms with Crippen LogP contribution in [0.15, 0.2) is 17.2 Å². The quantitative estimate of drug-likeness (QED) is 0.343. The maximum absolute atomic E-state index is 12.0. The predicted molar refractivity (Wildman–Crippen MR) is 70.9 cm³/mol. The fourth-order valence-electron chi connectivity index (χ4n) is 2.06. The predicted octanol–water partition coefficient (Wildman–Crippen LogP) is -2.93. The van der Waals surface area contributed by atoms with Gasteiger partial charge in [0.2, 0.25) is 0 Å². The molecular formula is C10H14N3O9P. The number of primary amides is 1. The van der Waals surface area contributed by atoms with Crippen molar-refractivity contribution in [2.75, 3.05) is 6.61 Å². The molecule has 0 aliphatic carbocycles. The molecule has 2 heterocycles. The number of nitrogens with zero attached hydrogens (tertiary/aromatic N) is 2. The zero-order valence-corrected chi connectivity index (χ0v) is 12.3. The third-order valence-corrected chi connectivity index (χ3v) is 3.61. The number of aliphatic hydroxyl groups is 2. The number of hydrogen-bond acceptors (Lipinski definition) is 8. The fourth-order valence-corrected chi connectivity index (χ4v) is 2.40. The van der Waals surface area contributed by atoms with Crippen LogP contribution in [0, 0.1) is 0 Å². The van der Waals surface area contributed by atoms with E-state index >= 15 is 0 Å². The molecule has 1 aromatic heterocycles. The Morgan fingerprint density at radius 1 is 1.43 bits per heavy atom. The van der Waals surface area contributed by atoms with Gasteiger partial charge in [-0.15, -0.1) is 0 Å². The number of amides is 1. The maximum atomic E-state index is 12.0. The molecule has 0 aromatic carbocycles. The molecule has 1 aliphatic rings. The van der Waals surface area contributed by atoms with E-state index < -0.39 is 56.1 Å². The molecule has 0 spiro atoms. The van der Waals surface area contributed by atoms with Crippen molar-refractivity contribution in [2.24, 2.45) is 5.73 Å². The highest BCUT2D eigenvalue weighted by Crippen LogP contribution is 2.38. The third-order valence-electron chi connectivity index (χ3n) is 3.12. The lowest BCUT2D eigenvalue weighted by Gasteiger charge is -2.17. The molecule has 1 amide bonds. The minimum Gasteiger partial charge on any atom is -0.387 e. The van der Waals surface area contributed by atoms with Crippen LogP contribution in [0.25, 0.3) is 0 Å². The molecule has 2 rings (SSSR count). The molecule has 13 heteroatoms. The molecule has 0 saturated carbocycles. The second kappa shape index (κ2) is 6.45. The van der Waals surface area contributed by atoms with Crippen LogP contribution < -0.4 is 11.3 Å². The van der Waals surface area contributed by atoms with E-state index in [1.807, 2.05) is 0 Å². The van der Waals surface area contributed by atoms with E-state index in [0.29, 0.717) is 0 Å². The van der Waals surface area contributed by atoms with E-state index in [-0.39, 0.29) is 0 Å². The van der Waals surface area contributed by atoms with Crippen LogP contribution in [-0.4, -0.2) is 60.4 Å². The minimum atomic E-state index is -4.80. The van der Waals surface area contributed by atoms with Crippen LogP contribution in [0.4, 0.5) is 0 Å². The van der Waals surface area contributed by atoms with Crippen molar-refractivity contribution in [3.8, 4) is 0 Å². The summed E-state index contributed by atoms with van der Waals surface area (Å²) in [6.45, 7) is -0.721. The number of phosphoric acid groups is 1. The van der Waals surface area contributed by atoms with Crippen LogP contribution in [-0.2, 0) is 13.8 Å². The van der Waals surface area contributed by atoms with Crippen LogP contribution in [0.1, 0.15) is 16.7 Å². The standard InChI is InChI=1S/C10H14N3O9P/c11-8(16)5-9(17)13(2-1-12-5)10-7(15)6(14)4(22-10)3-21-23(18,19)20/h1-2,4,6-7,10,14-15H,3H2,(H2,11,16)(H2,18,19,20)/t4-,6?,7?,10-/m1/s1. The van der Waals surface area contributed by atoms with Crippen molar-refractivity contribution in [1.29, 1.82) is 0 Å². The second-order valence-corrected chi connectivity index (χ2v) is 5.92. The summed E-state index contributed by atoms with van der Waals surface area (Å²) < 4.78 is 20.9. The summed E-state index contributed by atoms with van der Waals surface area (Å²) in [4.78, 5) is 43.9. The number of carbonyl (C=O) groups excluding carboxylic acids is 1. The summed E-state index contributed by atoms with van der Waals surface area (Å²) in [5, 5.41) is 19.8. The maximum Gasteiger partial charge on any atom is 0.469 e. The highest BCUT2D eigenvalue weighted by atomic mass is 31.2. The van der Waals surface area contributed by atoms with Crippen molar-refractivity contribution in [2.45, 2.75) is 24.5 Å². The lowest BCUT2D eigenvalue weighted by atomic mass is 10.1. The van der Waals surface area contributed by atoms with Gasteiger partial charge >= 0.3 is 7.82 Å². The summed E-state index contributed by atoms with van der Waals surface area (Å²) in [7, 11) is -4.80. The first-order valence-electron chi connectivity index (χ1n) is 6.20. The molecule has 128 valence electrons. The van der Waals surface area contributed by atoms with Gasteiger partial charge in [-0.1, -0.05) is 0 Å². The Morgan fingerprint density at radius 2 is 2.09 bits per heavy atom. The minimum absolute atomic E-state index is 0.590. The molecule has 1 aromatic rings. The van der Waals surface area contributed by atoms with Crippen LogP contribution in [0.2, 0.25) is 0 Å². The van der Waals surface area contributed by atoms with Gasteiger partial charge in [0.1, 0.15) is 18.3 Å². The second-order valence-electron chi connectivity index (χ2n) is 4.69. The smallest absolute Gasteiger partial charge is 0.387 e. The first-order valence-corrected chi connectivity index (χ1v) is 7.73. The topological polar surface area (TPSA) is 194 Å². The number of carbonyl (C=O) groups is 1. The first kappa shape index (κ1) is 17.7. The van der Waals surface area contributed by atoms with Gasteiger partial charge in [-0.25, -0.2) is 9.55 Å². The largest absolute Gasteiger partial charge is 0.469 e. The molecule has 2 unspecified atom stereocenters. The number of aliphatic hydroxyl groups excluding tert-OH is 2. The normalized spacial score (nSPS) is 28.0. The molecule has 0 bridgehead atoms. The van der Waals surface area contributed by atoms with Crippen LogP contribution in [0.5, 0.6) is 0 Å². The van der Waals surface area contributed by atoms with Crippen LogP contribution in [0.3, 0.4) is 0 Å². The van der Waals surface area contributed by atoms with E-state index in [4.69, 9.17) is 20.3 Å². The average molecular weight is 351 g/mol. The number of ether oxygens (including phenoxy) is 1. The van der Waals surface area contributed by atoms with Crippen molar-refractivity contribution in [3.05, 3.63) is 28.4 Å². The first-order chi connectivity index (χ1) is 10.6. The van der Waals surface area contributed by atoms with E-state index in [1.165, 1.54) is 0 Å². The van der Waals surface area contributed by atoms with Crippen molar-refractivity contribution in [1.82, 2.24) is 9.55 Å². The number of nitrogens with two attached hydrogens (primary N) is 1. The molecule has 0 radical (unpaired) electrons. The van der Waals surface area contributed by atoms with Gasteiger partial charge in [0, 0.05) is 12.4 Å². The Kier molecular flexibility index (Phi) is 4.96. The lowest BCUT2D eigenvalue weighted by Crippen LogP contribution is -2.38. The summed E-state index contributed by atoms with van der Waals surface area (Å²) in [5.41, 5.74) is 3.45. The molecule has 1 aliphatic heterocycles.